The molecule has 0 unspecified atom stereocenters. The van der Waals surface area contributed by atoms with E-state index < -0.39 is 11.1 Å². The van der Waals surface area contributed by atoms with Gasteiger partial charge in [0, 0.05) is 0 Å². The molecule has 4 aromatic rings. The average molecular weight is 495 g/mol. The van der Waals surface area contributed by atoms with E-state index in [1.807, 2.05) is 91.0 Å². The minimum absolute atomic E-state index is 0.0174. The molecule has 5 heteroatoms. The molecule has 0 heterocycles. The number of hydrogen-bond donors (Lipinski definition) is 1. The average Bonchev–Trinajstić information content (AvgIpc) is 2.82. The second-order valence-corrected chi connectivity index (χ2v) is 16.4. The Morgan fingerprint density at radius 2 is 1.16 bits per heavy atom. The molecule has 4 aromatic carbocycles. The van der Waals surface area contributed by atoms with Gasteiger partial charge in [-0.3, -0.25) is 0 Å². The molecular weight excluding hydrogens is 474 g/mol. The fraction of sp³-hybridized carbons (Fsp3) is 0.0385. The van der Waals surface area contributed by atoms with Crippen LogP contribution in [0.15, 0.2) is 109 Å². The second kappa shape index (κ2) is 8.37. The zero-order chi connectivity index (χ0) is 21.9. The van der Waals surface area contributed by atoms with Gasteiger partial charge in [-0.15, -0.1) is 0 Å². The van der Waals surface area contributed by atoms with E-state index in [0.29, 0.717) is 0 Å². The number of benzene rings is 4. The molecule has 0 saturated heterocycles. The third kappa shape index (κ3) is 3.71. The van der Waals surface area contributed by atoms with Crippen LogP contribution >= 0.6 is 20.8 Å². The Morgan fingerprint density at radius 3 is 1.58 bits per heavy atom. The number of ketones is 1. The number of halogens is 2. The molecule has 31 heavy (non-hydrogen) atoms. The minimum atomic E-state index is -3.50. The quantitative estimate of drug-likeness (QED) is 0.281. The Kier molecular flexibility index (Phi) is 5.79. The first-order valence-electron chi connectivity index (χ1n) is 9.85. The van der Waals surface area contributed by atoms with Crippen molar-refractivity contribution in [3.05, 3.63) is 121 Å². The van der Waals surface area contributed by atoms with Crippen molar-refractivity contribution in [1.82, 2.24) is 0 Å². The summed E-state index contributed by atoms with van der Waals surface area (Å²) in [6.07, 6.45) is 0.0562. The molecule has 0 aliphatic heterocycles. The van der Waals surface area contributed by atoms with Crippen molar-refractivity contribution in [3.8, 4) is 5.75 Å². The molecule has 0 aliphatic rings. The van der Waals surface area contributed by atoms with Crippen molar-refractivity contribution in [3.63, 3.8) is 0 Å². The Hall–Kier alpha value is -2.81. The fourth-order valence-electron chi connectivity index (χ4n) is 4.02. The van der Waals surface area contributed by atoms with Crippen LogP contribution in [-0.2, 0) is 0 Å². The SMILES string of the molecule is O=C(CP(Br)(c1ccccc1)(c1ccccc1)c1ccccc1)c1cc(F)ccc1O. The van der Waals surface area contributed by atoms with E-state index >= 15 is 0 Å². The molecule has 156 valence electrons. The van der Waals surface area contributed by atoms with E-state index in [2.05, 4.69) is 15.5 Å². The number of hydrogen-bond acceptors (Lipinski definition) is 2. The van der Waals surface area contributed by atoms with E-state index in [0.717, 1.165) is 28.0 Å². The molecule has 2 nitrogen and oxygen atoms in total. The van der Waals surface area contributed by atoms with Crippen molar-refractivity contribution in [2.45, 2.75) is 0 Å². The summed E-state index contributed by atoms with van der Waals surface area (Å²) in [4.78, 5) is 13.6. The molecular formula is C26H21BrFO2P. The molecule has 1 N–H and O–H groups in total. The third-order valence-corrected chi connectivity index (χ3v) is 15.0. The zero-order valence-corrected chi connectivity index (χ0v) is 19.1. The normalized spacial score (nSPS) is 12.6. The van der Waals surface area contributed by atoms with Crippen molar-refractivity contribution in [2.24, 2.45) is 0 Å². The van der Waals surface area contributed by atoms with Crippen molar-refractivity contribution in [2.75, 3.05) is 6.16 Å². The van der Waals surface area contributed by atoms with Crippen LogP contribution in [0.3, 0.4) is 0 Å². The van der Waals surface area contributed by atoms with Gasteiger partial charge in [0.2, 0.25) is 0 Å². The first-order chi connectivity index (χ1) is 14.9. The summed E-state index contributed by atoms with van der Waals surface area (Å²) >= 11 is 4.19. The monoisotopic (exact) mass is 494 g/mol. The molecule has 0 aromatic heterocycles. The van der Waals surface area contributed by atoms with E-state index in [4.69, 9.17) is 0 Å². The van der Waals surface area contributed by atoms with Crippen LogP contribution in [0.5, 0.6) is 5.75 Å². The van der Waals surface area contributed by atoms with Crippen LogP contribution in [0.2, 0.25) is 0 Å². The van der Waals surface area contributed by atoms with Crippen LogP contribution in [0.4, 0.5) is 4.39 Å². The van der Waals surface area contributed by atoms with Gasteiger partial charge >= 0.3 is 189 Å². The number of phenolic OH excluding ortho intramolecular Hbond substituents is 1. The summed E-state index contributed by atoms with van der Waals surface area (Å²) in [5.74, 6) is -1.11. The van der Waals surface area contributed by atoms with E-state index in [1.54, 1.807) is 0 Å². The van der Waals surface area contributed by atoms with Gasteiger partial charge in [0.25, 0.3) is 0 Å². The van der Waals surface area contributed by atoms with Gasteiger partial charge in [0.15, 0.2) is 0 Å². The van der Waals surface area contributed by atoms with Crippen LogP contribution in [-0.4, -0.2) is 17.1 Å². The van der Waals surface area contributed by atoms with Gasteiger partial charge in [0.05, 0.1) is 0 Å². The Morgan fingerprint density at radius 1 is 0.742 bits per heavy atom. The first kappa shape index (κ1) is 21.4. The van der Waals surface area contributed by atoms with Gasteiger partial charge in [-0.1, -0.05) is 0 Å². The number of aromatic hydroxyl groups is 1. The maximum atomic E-state index is 13.9. The summed E-state index contributed by atoms with van der Waals surface area (Å²) < 4.78 is 13.9. The van der Waals surface area contributed by atoms with Gasteiger partial charge in [-0.2, -0.15) is 0 Å². The Balaban J connectivity index is 2.03. The summed E-state index contributed by atoms with van der Waals surface area (Å²) in [6.45, 7) is 0. The molecule has 0 saturated carbocycles. The van der Waals surface area contributed by atoms with Crippen molar-refractivity contribution in [1.29, 1.82) is 0 Å². The number of phenols is 1. The van der Waals surface area contributed by atoms with Crippen LogP contribution in [0.25, 0.3) is 0 Å². The standard InChI is InChI=1S/C26H21BrFO2P/c27-31(21-10-4-1-5-11-21,22-12-6-2-7-13-22,23-14-8-3-9-15-23)19-26(30)24-18-20(28)16-17-25(24)29/h1-18,29H,19H2. The van der Waals surface area contributed by atoms with Crippen molar-refractivity contribution >= 4 is 42.5 Å². The molecule has 0 atom stereocenters. The number of carbonyl (C=O) groups excluding carboxylic acids is 1. The van der Waals surface area contributed by atoms with Crippen LogP contribution < -0.4 is 15.9 Å². The van der Waals surface area contributed by atoms with E-state index in [9.17, 15) is 14.3 Å². The molecule has 0 bridgehead atoms. The Bertz CT molecular complexity index is 1110. The van der Waals surface area contributed by atoms with Gasteiger partial charge in [0.1, 0.15) is 0 Å². The maximum absolute atomic E-state index is 13.9. The topological polar surface area (TPSA) is 37.3 Å². The molecule has 4 rings (SSSR count). The van der Waals surface area contributed by atoms with Gasteiger partial charge in [-0.25, -0.2) is 0 Å². The number of carbonyl (C=O) groups is 1. The Labute approximate surface area is 189 Å². The second-order valence-electron chi connectivity index (χ2n) is 7.43. The summed E-state index contributed by atoms with van der Waals surface area (Å²) in [5, 5.41) is 9.75. The van der Waals surface area contributed by atoms with E-state index in [-0.39, 0.29) is 23.3 Å². The number of Topliss-reactive ketones (excluding diaryl/α,β-unsaturated/α-hetero) is 1. The van der Waals surface area contributed by atoms with Gasteiger partial charge in [-0.05, 0) is 0 Å². The molecule has 0 fully saturated rings. The first-order valence-corrected chi connectivity index (χ1v) is 14.3. The third-order valence-electron chi connectivity index (χ3n) is 5.58. The van der Waals surface area contributed by atoms with Gasteiger partial charge < -0.3 is 0 Å². The predicted molar refractivity (Wildman–Crippen MR) is 131 cm³/mol. The molecule has 0 amide bonds. The molecule has 0 aliphatic carbocycles. The van der Waals surface area contributed by atoms with Crippen molar-refractivity contribution < 1.29 is 14.3 Å². The zero-order valence-electron chi connectivity index (χ0n) is 16.7. The summed E-state index contributed by atoms with van der Waals surface area (Å²) in [6, 6.07) is 33.1. The van der Waals surface area contributed by atoms with Crippen LogP contribution in [0.1, 0.15) is 10.4 Å². The predicted octanol–water partition coefficient (Wildman–Crippen LogP) is 5.55. The molecule has 0 spiro atoms. The van der Waals surface area contributed by atoms with E-state index in [1.165, 1.54) is 6.07 Å². The molecule has 0 radical (unpaired) electrons. The van der Waals surface area contributed by atoms with Crippen LogP contribution in [0, 0.1) is 5.82 Å². The summed E-state index contributed by atoms with van der Waals surface area (Å²) in [7, 11) is 0. The summed E-state index contributed by atoms with van der Waals surface area (Å²) in [5.41, 5.74) is -0.0174. The fourth-order valence-corrected chi connectivity index (χ4v) is 11.4. The number of rotatable bonds is 6.